The highest BCUT2D eigenvalue weighted by molar-refractivity contribution is 7.17. The summed E-state index contributed by atoms with van der Waals surface area (Å²) >= 11 is 1.14. The minimum absolute atomic E-state index is 0.323. The quantitative estimate of drug-likeness (QED) is 0.504. The van der Waals surface area contributed by atoms with Crippen LogP contribution in [0, 0.1) is 13.8 Å². The highest BCUT2D eigenvalue weighted by Crippen LogP contribution is 2.19. The van der Waals surface area contributed by atoms with Crippen molar-refractivity contribution in [2.75, 3.05) is 5.73 Å². The molecule has 138 valence electrons. The van der Waals surface area contributed by atoms with Gasteiger partial charge in [0.25, 0.3) is 5.91 Å². The van der Waals surface area contributed by atoms with E-state index < -0.39 is 0 Å². The number of thiazole rings is 1. The van der Waals surface area contributed by atoms with E-state index in [1.54, 1.807) is 13.1 Å². The van der Waals surface area contributed by atoms with Gasteiger partial charge in [0.2, 0.25) is 0 Å². The Balaban J connectivity index is 1.54. The van der Waals surface area contributed by atoms with E-state index in [1.807, 2.05) is 36.4 Å². The highest BCUT2D eigenvalue weighted by atomic mass is 32.1. The molecule has 0 aliphatic heterocycles. The number of carbonyl (C=O) groups excluding carboxylic acids is 1. The SMILES string of the molecule is Cc1ccccc1COc1ccc(/C=N/NC(=O)c2sc(N)nc2C)cc1. The maximum atomic E-state index is 12.0. The summed E-state index contributed by atoms with van der Waals surface area (Å²) in [6, 6.07) is 15.6. The molecule has 7 heteroatoms. The molecule has 3 N–H and O–H groups in total. The third-order valence-electron chi connectivity index (χ3n) is 3.93. The minimum atomic E-state index is -0.323. The summed E-state index contributed by atoms with van der Waals surface area (Å²) in [7, 11) is 0. The number of hydrazone groups is 1. The first-order chi connectivity index (χ1) is 13.0. The zero-order chi connectivity index (χ0) is 19.2. The monoisotopic (exact) mass is 380 g/mol. The van der Waals surface area contributed by atoms with Crippen molar-refractivity contribution in [3.63, 3.8) is 0 Å². The van der Waals surface area contributed by atoms with Gasteiger partial charge in [0.1, 0.15) is 17.2 Å². The fourth-order valence-electron chi connectivity index (χ4n) is 2.43. The van der Waals surface area contributed by atoms with Crippen molar-refractivity contribution < 1.29 is 9.53 Å². The van der Waals surface area contributed by atoms with Gasteiger partial charge in [-0.15, -0.1) is 0 Å². The Hall–Kier alpha value is -3.19. The Bertz CT molecular complexity index is 964. The zero-order valence-electron chi connectivity index (χ0n) is 15.1. The normalized spacial score (nSPS) is 10.9. The Morgan fingerprint density at radius 3 is 2.63 bits per heavy atom. The standard InChI is InChI=1S/C20H20N4O2S/c1-13-5-3-4-6-16(13)12-26-17-9-7-15(8-10-17)11-22-24-19(25)18-14(2)23-20(21)27-18/h3-11H,12H2,1-2H3,(H2,21,23)(H,24,25)/b22-11+. The Morgan fingerprint density at radius 2 is 1.96 bits per heavy atom. The average molecular weight is 380 g/mol. The van der Waals surface area contributed by atoms with Crippen LogP contribution in [-0.2, 0) is 6.61 Å². The molecule has 0 saturated heterocycles. The maximum absolute atomic E-state index is 12.0. The van der Waals surface area contributed by atoms with Crippen molar-refractivity contribution in [3.05, 3.63) is 75.8 Å². The molecular formula is C20H20N4O2S. The summed E-state index contributed by atoms with van der Waals surface area (Å²) in [5.41, 5.74) is 11.9. The molecule has 3 aromatic rings. The van der Waals surface area contributed by atoms with Crippen molar-refractivity contribution in [2.24, 2.45) is 5.10 Å². The van der Waals surface area contributed by atoms with Gasteiger partial charge < -0.3 is 10.5 Å². The number of nitrogens with one attached hydrogen (secondary N) is 1. The first-order valence-corrected chi connectivity index (χ1v) is 9.18. The summed E-state index contributed by atoms with van der Waals surface area (Å²) in [5, 5.41) is 4.34. The summed E-state index contributed by atoms with van der Waals surface area (Å²) in [4.78, 5) is 16.5. The van der Waals surface area contributed by atoms with E-state index in [0.29, 0.717) is 22.3 Å². The van der Waals surface area contributed by atoms with E-state index >= 15 is 0 Å². The topological polar surface area (TPSA) is 89.6 Å². The third kappa shape index (κ3) is 4.92. The number of hydrogen-bond donors (Lipinski definition) is 2. The van der Waals surface area contributed by atoms with E-state index in [2.05, 4.69) is 34.6 Å². The number of carbonyl (C=O) groups is 1. The number of aryl methyl sites for hydroxylation is 2. The van der Waals surface area contributed by atoms with E-state index in [-0.39, 0.29) is 5.91 Å². The predicted octanol–water partition coefficient (Wildman–Crippen LogP) is 3.69. The molecule has 1 aromatic heterocycles. The van der Waals surface area contributed by atoms with E-state index in [0.717, 1.165) is 28.2 Å². The van der Waals surface area contributed by atoms with Crippen molar-refractivity contribution in [2.45, 2.75) is 20.5 Å². The number of rotatable bonds is 6. The number of aromatic nitrogens is 1. The fraction of sp³-hybridized carbons (Fsp3) is 0.150. The Kier molecular flexibility index (Phi) is 5.83. The lowest BCUT2D eigenvalue weighted by atomic mass is 10.1. The molecule has 6 nitrogen and oxygen atoms in total. The average Bonchev–Trinajstić information content (AvgIpc) is 3.00. The van der Waals surface area contributed by atoms with Crippen LogP contribution in [0.1, 0.15) is 32.1 Å². The van der Waals surface area contributed by atoms with Gasteiger partial charge >= 0.3 is 0 Å². The highest BCUT2D eigenvalue weighted by Gasteiger charge is 2.13. The number of amides is 1. The predicted molar refractivity (Wildman–Crippen MR) is 108 cm³/mol. The number of nitrogens with zero attached hydrogens (tertiary/aromatic N) is 2. The summed E-state index contributed by atoms with van der Waals surface area (Å²) < 4.78 is 5.81. The number of nitrogen functional groups attached to an aromatic ring is 1. The second-order valence-electron chi connectivity index (χ2n) is 5.95. The summed E-state index contributed by atoms with van der Waals surface area (Å²) in [6.45, 7) is 4.32. The van der Waals surface area contributed by atoms with Crippen LogP contribution in [-0.4, -0.2) is 17.1 Å². The molecule has 0 aliphatic carbocycles. The van der Waals surface area contributed by atoms with Gasteiger partial charge in [-0.2, -0.15) is 5.10 Å². The van der Waals surface area contributed by atoms with Gasteiger partial charge in [-0.1, -0.05) is 35.6 Å². The molecule has 0 fully saturated rings. The van der Waals surface area contributed by atoms with E-state index in [1.165, 1.54) is 5.56 Å². The Morgan fingerprint density at radius 1 is 1.22 bits per heavy atom. The van der Waals surface area contributed by atoms with Gasteiger partial charge in [-0.05, 0) is 54.8 Å². The summed E-state index contributed by atoms with van der Waals surface area (Å²) in [6.07, 6.45) is 1.57. The van der Waals surface area contributed by atoms with Crippen LogP contribution < -0.4 is 15.9 Å². The molecule has 0 radical (unpaired) electrons. The van der Waals surface area contributed by atoms with E-state index in [4.69, 9.17) is 10.5 Å². The molecule has 27 heavy (non-hydrogen) atoms. The minimum Gasteiger partial charge on any atom is -0.489 e. The van der Waals surface area contributed by atoms with Gasteiger partial charge in [0, 0.05) is 0 Å². The molecule has 2 aromatic carbocycles. The van der Waals surface area contributed by atoms with Crippen LogP contribution in [0.25, 0.3) is 0 Å². The molecule has 0 saturated carbocycles. The van der Waals surface area contributed by atoms with Crippen LogP contribution in [0.4, 0.5) is 5.13 Å². The molecule has 0 unspecified atom stereocenters. The van der Waals surface area contributed by atoms with Crippen LogP contribution in [0.2, 0.25) is 0 Å². The molecule has 1 amide bonds. The lowest BCUT2D eigenvalue weighted by molar-refractivity contribution is 0.0958. The maximum Gasteiger partial charge on any atom is 0.283 e. The van der Waals surface area contributed by atoms with E-state index in [9.17, 15) is 4.79 Å². The molecule has 1 heterocycles. The molecule has 0 aliphatic rings. The smallest absolute Gasteiger partial charge is 0.283 e. The largest absolute Gasteiger partial charge is 0.489 e. The fourth-order valence-corrected chi connectivity index (χ4v) is 3.15. The van der Waals surface area contributed by atoms with Crippen LogP contribution in [0.15, 0.2) is 53.6 Å². The molecule has 0 atom stereocenters. The van der Waals surface area contributed by atoms with Gasteiger partial charge in [0.15, 0.2) is 5.13 Å². The molecular weight excluding hydrogens is 360 g/mol. The number of hydrogen-bond acceptors (Lipinski definition) is 6. The second-order valence-corrected chi connectivity index (χ2v) is 6.98. The molecule has 3 rings (SSSR count). The van der Waals surface area contributed by atoms with Gasteiger partial charge in [-0.25, -0.2) is 10.4 Å². The van der Waals surface area contributed by atoms with Crippen molar-refractivity contribution >= 4 is 28.6 Å². The lowest BCUT2D eigenvalue weighted by Gasteiger charge is -2.08. The Labute approximate surface area is 161 Å². The second kappa shape index (κ2) is 8.46. The van der Waals surface area contributed by atoms with Crippen molar-refractivity contribution in [3.8, 4) is 5.75 Å². The number of nitrogens with two attached hydrogens (primary N) is 1. The number of anilines is 1. The lowest BCUT2D eigenvalue weighted by Crippen LogP contribution is -2.17. The third-order valence-corrected chi connectivity index (χ3v) is 4.92. The zero-order valence-corrected chi connectivity index (χ0v) is 15.9. The number of benzene rings is 2. The molecule has 0 bridgehead atoms. The summed E-state index contributed by atoms with van der Waals surface area (Å²) in [5.74, 6) is 0.450. The van der Waals surface area contributed by atoms with Gasteiger partial charge in [0.05, 0.1) is 11.9 Å². The van der Waals surface area contributed by atoms with Crippen molar-refractivity contribution in [1.82, 2.24) is 10.4 Å². The van der Waals surface area contributed by atoms with Crippen LogP contribution in [0.5, 0.6) is 5.75 Å². The van der Waals surface area contributed by atoms with Crippen LogP contribution >= 0.6 is 11.3 Å². The van der Waals surface area contributed by atoms with Crippen LogP contribution in [0.3, 0.4) is 0 Å². The molecule has 0 spiro atoms. The van der Waals surface area contributed by atoms with Gasteiger partial charge in [-0.3, -0.25) is 4.79 Å². The number of ether oxygens (including phenoxy) is 1. The first-order valence-electron chi connectivity index (χ1n) is 8.36. The van der Waals surface area contributed by atoms with Crippen molar-refractivity contribution in [1.29, 1.82) is 0 Å². The first kappa shape index (κ1) is 18.6.